The van der Waals surface area contributed by atoms with Crippen molar-refractivity contribution in [2.45, 2.75) is 33.2 Å². The van der Waals surface area contributed by atoms with Gasteiger partial charge in [-0.1, -0.05) is 0 Å². The molecular formula is C14H21FN2O2. The number of rotatable bonds is 4. The van der Waals surface area contributed by atoms with E-state index in [-0.39, 0.29) is 11.7 Å². The van der Waals surface area contributed by atoms with Crippen LogP contribution in [-0.4, -0.2) is 18.6 Å². The van der Waals surface area contributed by atoms with Crippen LogP contribution in [0.2, 0.25) is 0 Å². The number of benzene rings is 1. The van der Waals surface area contributed by atoms with Crippen LogP contribution in [0.5, 0.6) is 5.75 Å². The zero-order valence-electron chi connectivity index (χ0n) is 12.0. The first kappa shape index (κ1) is 15.4. The summed E-state index contributed by atoms with van der Waals surface area (Å²) in [5.41, 5.74) is 5.03. The molecule has 0 saturated heterocycles. The van der Waals surface area contributed by atoms with Crippen LogP contribution in [0.4, 0.5) is 10.1 Å². The van der Waals surface area contributed by atoms with Crippen molar-refractivity contribution in [3.8, 4) is 5.75 Å². The molecule has 0 fully saturated rings. The van der Waals surface area contributed by atoms with E-state index in [9.17, 15) is 9.18 Å². The summed E-state index contributed by atoms with van der Waals surface area (Å²) >= 11 is 0. The van der Waals surface area contributed by atoms with E-state index in [0.717, 1.165) is 0 Å². The van der Waals surface area contributed by atoms with Crippen molar-refractivity contribution in [3.63, 3.8) is 0 Å². The van der Waals surface area contributed by atoms with Crippen molar-refractivity contribution in [2.24, 2.45) is 11.1 Å². The van der Waals surface area contributed by atoms with Gasteiger partial charge in [-0.15, -0.1) is 0 Å². The minimum Gasteiger partial charge on any atom is -0.494 e. The Morgan fingerprint density at radius 2 is 1.89 bits per heavy atom. The van der Waals surface area contributed by atoms with Gasteiger partial charge in [0.1, 0.15) is 0 Å². The highest BCUT2D eigenvalue weighted by Gasteiger charge is 2.40. The predicted octanol–water partition coefficient (Wildman–Crippen LogP) is 2.54. The molecule has 0 atom stereocenters. The summed E-state index contributed by atoms with van der Waals surface area (Å²) < 4.78 is 18.1. The molecule has 0 saturated carbocycles. The summed E-state index contributed by atoms with van der Waals surface area (Å²) in [6.07, 6.45) is 0. The monoisotopic (exact) mass is 268 g/mol. The number of hydrogen-bond donors (Lipinski definition) is 2. The first-order valence-corrected chi connectivity index (χ1v) is 6.03. The third-order valence-corrected chi connectivity index (χ3v) is 3.59. The van der Waals surface area contributed by atoms with Crippen LogP contribution in [0.3, 0.4) is 0 Å². The van der Waals surface area contributed by atoms with Crippen molar-refractivity contribution < 1.29 is 13.9 Å². The van der Waals surface area contributed by atoms with E-state index in [0.29, 0.717) is 5.69 Å². The highest BCUT2D eigenvalue weighted by molar-refractivity contribution is 5.95. The van der Waals surface area contributed by atoms with E-state index >= 15 is 0 Å². The maximum atomic E-state index is 13.3. The molecule has 0 aliphatic rings. The molecule has 19 heavy (non-hydrogen) atoms. The van der Waals surface area contributed by atoms with Crippen molar-refractivity contribution >= 4 is 11.6 Å². The zero-order chi connectivity index (χ0) is 14.8. The van der Waals surface area contributed by atoms with Crippen molar-refractivity contribution in [3.05, 3.63) is 24.0 Å². The van der Waals surface area contributed by atoms with E-state index < -0.39 is 16.8 Å². The van der Waals surface area contributed by atoms with Gasteiger partial charge in [0.05, 0.1) is 12.5 Å². The number of carbonyl (C=O) groups excluding carboxylic acids is 1. The van der Waals surface area contributed by atoms with Crippen LogP contribution in [0, 0.1) is 11.2 Å². The number of carbonyl (C=O) groups is 1. The molecule has 1 amide bonds. The summed E-state index contributed by atoms with van der Waals surface area (Å²) in [6.45, 7) is 7.11. The average molecular weight is 268 g/mol. The topological polar surface area (TPSA) is 64.3 Å². The first-order valence-electron chi connectivity index (χ1n) is 6.03. The summed E-state index contributed by atoms with van der Waals surface area (Å²) in [7, 11) is 1.37. The lowest BCUT2D eigenvalue weighted by atomic mass is 9.74. The van der Waals surface area contributed by atoms with Crippen LogP contribution in [0.25, 0.3) is 0 Å². The second kappa shape index (κ2) is 5.17. The van der Waals surface area contributed by atoms with Crippen LogP contribution < -0.4 is 15.8 Å². The van der Waals surface area contributed by atoms with Gasteiger partial charge in [-0.25, -0.2) is 4.39 Å². The number of nitrogens with two attached hydrogens (primary N) is 1. The molecule has 1 aromatic carbocycles. The van der Waals surface area contributed by atoms with Crippen molar-refractivity contribution in [1.29, 1.82) is 0 Å². The molecule has 4 nitrogen and oxygen atoms in total. The fourth-order valence-electron chi connectivity index (χ4n) is 1.32. The first-order chi connectivity index (χ1) is 8.59. The minimum absolute atomic E-state index is 0.0858. The number of ether oxygens (including phenoxy) is 1. The summed E-state index contributed by atoms with van der Waals surface area (Å²) in [4.78, 5) is 12.2. The second-order valence-electron chi connectivity index (χ2n) is 5.65. The number of amides is 1. The molecule has 0 heterocycles. The second-order valence-corrected chi connectivity index (χ2v) is 5.65. The Balaban J connectivity index is 2.95. The van der Waals surface area contributed by atoms with E-state index in [1.807, 2.05) is 0 Å². The standard InChI is InChI=1S/C14H21FN2O2/c1-13(2,14(3,4)16)12(18)17-9-6-7-10(15)11(8-9)19-5/h6-8H,16H2,1-5H3,(H,17,18). The molecule has 3 N–H and O–H groups in total. The number of halogens is 1. The van der Waals surface area contributed by atoms with E-state index in [1.165, 1.54) is 25.3 Å². The smallest absolute Gasteiger partial charge is 0.231 e. The van der Waals surface area contributed by atoms with Gasteiger partial charge in [0, 0.05) is 17.3 Å². The zero-order valence-corrected chi connectivity index (χ0v) is 12.0. The van der Waals surface area contributed by atoms with Crippen molar-refractivity contribution in [2.75, 3.05) is 12.4 Å². The number of anilines is 1. The van der Waals surface area contributed by atoms with E-state index in [4.69, 9.17) is 10.5 Å². The number of hydrogen-bond acceptors (Lipinski definition) is 3. The summed E-state index contributed by atoms with van der Waals surface area (Å²) in [5.74, 6) is -0.616. The molecule has 0 aliphatic carbocycles. The van der Waals surface area contributed by atoms with Gasteiger partial charge in [0.25, 0.3) is 0 Å². The Kier molecular flexibility index (Phi) is 4.20. The molecule has 0 spiro atoms. The van der Waals surface area contributed by atoms with E-state index in [2.05, 4.69) is 5.32 Å². The van der Waals surface area contributed by atoms with Crippen LogP contribution in [-0.2, 0) is 4.79 Å². The lowest BCUT2D eigenvalue weighted by Crippen LogP contribution is -2.53. The third-order valence-electron chi connectivity index (χ3n) is 3.59. The largest absolute Gasteiger partial charge is 0.494 e. The Morgan fingerprint density at radius 1 is 1.32 bits per heavy atom. The molecule has 0 aromatic heterocycles. The molecule has 1 aromatic rings. The molecule has 0 radical (unpaired) electrons. The molecule has 0 unspecified atom stereocenters. The Hall–Kier alpha value is -1.62. The minimum atomic E-state index is -0.769. The third kappa shape index (κ3) is 3.23. The van der Waals surface area contributed by atoms with Gasteiger partial charge in [0.2, 0.25) is 5.91 Å². The highest BCUT2D eigenvalue weighted by atomic mass is 19.1. The van der Waals surface area contributed by atoms with Gasteiger partial charge < -0.3 is 15.8 Å². The fraction of sp³-hybridized carbons (Fsp3) is 0.500. The van der Waals surface area contributed by atoms with Gasteiger partial charge in [-0.05, 0) is 39.8 Å². The van der Waals surface area contributed by atoms with Crippen LogP contribution in [0.1, 0.15) is 27.7 Å². The summed E-state index contributed by atoms with van der Waals surface area (Å²) in [6, 6.07) is 4.16. The SMILES string of the molecule is COc1cc(NC(=O)C(C)(C)C(C)(C)N)ccc1F. The van der Waals surface area contributed by atoms with Crippen molar-refractivity contribution in [1.82, 2.24) is 0 Å². The maximum Gasteiger partial charge on any atom is 0.231 e. The Morgan fingerprint density at radius 3 is 2.37 bits per heavy atom. The quantitative estimate of drug-likeness (QED) is 0.882. The maximum absolute atomic E-state index is 13.3. The fourth-order valence-corrected chi connectivity index (χ4v) is 1.32. The van der Waals surface area contributed by atoms with Gasteiger partial charge >= 0.3 is 0 Å². The molecule has 0 bridgehead atoms. The van der Waals surface area contributed by atoms with Crippen LogP contribution in [0.15, 0.2) is 18.2 Å². The van der Waals surface area contributed by atoms with Gasteiger partial charge in [-0.2, -0.15) is 0 Å². The van der Waals surface area contributed by atoms with E-state index in [1.54, 1.807) is 27.7 Å². The molecule has 5 heteroatoms. The molecule has 106 valence electrons. The average Bonchev–Trinajstić information content (AvgIpc) is 2.30. The summed E-state index contributed by atoms with van der Waals surface area (Å²) in [5, 5.41) is 2.73. The van der Waals surface area contributed by atoms with Gasteiger partial charge in [-0.3, -0.25) is 4.79 Å². The normalized spacial score (nSPS) is 12.2. The predicted molar refractivity (Wildman–Crippen MR) is 73.6 cm³/mol. The number of nitrogens with one attached hydrogen (secondary N) is 1. The lowest BCUT2D eigenvalue weighted by molar-refractivity contribution is -0.126. The Labute approximate surface area is 113 Å². The number of methoxy groups -OCH3 is 1. The Bertz CT molecular complexity index is 479. The molecular weight excluding hydrogens is 247 g/mol. The highest BCUT2D eigenvalue weighted by Crippen LogP contribution is 2.30. The molecule has 0 aliphatic heterocycles. The molecule has 1 rings (SSSR count). The van der Waals surface area contributed by atoms with Gasteiger partial charge in [0.15, 0.2) is 11.6 Å². The lowest BCUT2D eigenvalue weighted by Gasteiger charge is -2.36. The van der Waals surface area contributed by atoms with Crippen LogP contribution >= 0.6 is 0 Å².